The van der Waals surface area contributed by atoms with Gasteiger partial charge in [-0.05, 0) is 107 Å². The molecule has 2 aliphatic carbocycles. The SMILES string of the molecule is O[C@]12C=C(c3nccc4c3[nH]c3ccccc34)[C@@H]3CCN4CCCC5(/C=C\CC1)C[C@@]3(C4)[C@H]2N1CCCC/C=C\[C@H]15. The second-order valence-corrected chi connectivity index (χ2v) is 14.2. The van der Waals surface area contributed by atoms with Crippen LogP contribution in [-0.4, -0.2) is 68.7 Å². The molecule has 4 aliphatic heterocycles. The van der Waals surface area contributed by atoms with E-state index in [9.17, 15) is 5.11 Å². The van der Waals surface area contributed by atoms with Gasteiger partial charge in [0.15, 0.2) is 0 Å². The number of fused-ring (bicyclic) bond motifs is 5. The number of aromatic amines is 1. The lowest BCUT2D eigenvalue weighted by Gasteiger charge is -2.70. The van der Waals surface area contributed by atoms with Crippen molar-refractivity contribution in [2.45, 2.75) is 75.5 Å². The summed E-state index contributed by atoms with van der Waals surface area (Å²) in [6, 6.07) is 11.3. The minimum atomic E-state index is -0.893. The van der Waals surface area contributed by atoms with Crippen LogP contribution >= 0.6 is 0 Å². The van der Waals surface area contributed by atoms with Crippen molar-refractivity contribution in [3.63, 3.8) is 0 Å². The van der Waals surface area contributed by atoms with Crippen LogP contribution < -0.4 is 0 Å². The Morgan fingerprint density at radius 3 is 2.88 bits per heavy atom. The van der Waals surface area contributed by atoms with Crippen molar-refractivity contribution in [3.8, 4) is 0 Å². The Morgan fingerprint density at radius 1 is 0.951 bits per heavy atom. The topological polar surface area (TPSA) is 55.4 Å². The van der Waals surface area contributed by atoms with Gasteiger partial charge < -0.3 is 15.0 Å². The van der Waals surface area contributed by atoms with Crippen molar-refractivity contribution in [1.82, 2.24) is 19.8 Å². The molecule has 5 heteroatoms. The number of benzene rings is 1. The van der Waals surface area contributed by atoms with Crippen molar-refractivity contribution in [1.29, 1.82) is 0 Å². The summed E-state index contributed by atoms with van der Waals surface area (Å²) in [5.41, 5.74) is 3.89. The Bertz CT molecular complexity index is 1620. The smallest absolute Gasteiger partial charge is 0.0998 e. The second-order valence-electron chi connectivity index (χ2n) is 14.2. The van der Waals surface area contributed by atoms with Crippen molar-refractivity contribution in [3.05, 3.63) is 72.6 Å². The fraction of sp³-hybridized carbons (Fsp3) is 0.528. The van der Waals surface area contributed by atoms with E-state index in [1.165, 1.54) is 55.0 Å². The lowest BCUT2D eigenvalue weighted by molar-refractivity contribution is -0.190. The molecule has 0 amide bonds. The maximum absolute atomic E-state index is 13.1. The molecule has 3 fully saturated rings. The zero-order valence-electron chi connectivity index (χ0n) is 24.1. The Hall–Kier alpha value is -2.73. The highest BCUT2D eigenvalue weighted by molar-refractivity contribution is 6.09. The Morgan fingerprint density at radius 2 is 1.90 bits per heavy atom. The molecule has 5 bridgehead atoms. The molecule has 0 radical (unpaired) electrons. The number of nitrogens with zero attached hydrogens (tertiary/aromatic N) is 3. The minimum absolute atomic E-state index is 0.00835. The number of hydrogen-bond acceptors (Lipinski definition) is 4. The highest BCUT2D eigenvalue weighted by atomic mass is 16.3. The summed E-state index contributed by atoms with van der Waals surface area (Å²) in [7, 11) is 0. The lowest BCUT2D eigenvalue weighted by Crippen LogP contribution is -2.76. The Kier molecular flexibility index (Phi) is 5.38. The van der Waals surface area contributed by atoms with Crippen LogP contribution in [0.1, 0.15) is 63.5 Å². The van der Waals surface area contributed by atoms with Crippen LogP contribution in [0.3, 0.4) is 0 Å². The summed E-state index contributed by atoms with van der Waals surface area (Å²) in [5.74, 6) is 0.382. The molecule has 6 aliphatic rings. The number of rotatable bonds is 1. The number of H-pyrrole nitrogens is 1. The number of piperidine rings is 2. The molecule has 9 rings (SSSR count). The van der Waals surface area contributed by atoms with Crippen LogP contribution in [0.2, 0.25) is 0 Å². The minimum Gasteiger partial charge on any atom is -0.384 e. The van der Waals surface area contributed by atoms with Crippen molar-refractivity contribution in [2.75, 3.05) is 26.2 Å². The van der Waals surface area contributed by atoms with E-state index in [2.05, 4.69) is 75.5 Å². The van der Waals surface area contributed by atoms with Crippen molar-refractivity contribution < 1.29 is 5.11 Å². The fourth-order valence-corrected chi connectivity index (χ4v) is 10.7. The predicted octanol–water partition coefficient (Wildman–Crippen LogP) is 6.47. The molecule has 0 saturated carbocycles. The van der Waals surface area contributed by atoms with Crippen LogP contribution in [0.25, 0.3) is 27.4 Å². The van der Waals surface area contributed by atoms with Gasteiger partial charge in [0.05, 0.1) is 22.9 Å². The number of pyridine rings is 1. The first kappa shape index (κ1) is 24.8. The van der Waals surface area contributed by atoms with Gasteiger partial charge in [-0.1, -0.05) is 42.5 Å². The van der Waals surface area contributed by atoms with E-state index in [0.717, 1.165) is 62.0 Å². The largest absolute Gasteiger partial charge is 0.384 e. The highest BCUT2D eigenvalue weighted by Gasteiger charge is 2.68. The van der Waals surface area contributed by atoms with Gasteiger partial charge >= 0.3 is 0 Å². The van der Waals surface area contributed by atoms with Gasteiger partial charge in [-0.15, -0.1) is 0 Å². The molecule has 1 aromatic carbocycles. The normalized spacial score (nSPS) is 41.7. The Balaban J connectivity index is 1.32. The number of para-hydroxylation sites is 1. The predicted molar refractivity (Wildman–Crippen MR) is 165 cm³/mol. The van der Waals surface area contributed by atoms with Crippen LogP contribution in [0.5, 0.6) is 0 Å². The number of aliphatic hydroxyl groups is 1. The number of nitrogens with one attached hydrogen (secondary N) is 1. The molecule has 41 heavy (non-hydrogen) atoms. The zero-order chi connectivity index (χ0) is 27.2. The van der Waals surface area contributed by atoms with Gasteiger partial charge in [0.1, 0.15) is 0 Å². The van der Waals surface area contributed by atoms with Crippen molar-refractivity contribution >= 4 is 27.4 Å². The molecule has 2 aromatic heterocycles. The molecule has 212 valence electrons. The number of aromatic nitrogens is 2. The van der Waals surface area contributed by atoms with Gasteiger partial charge in [0.2, 0.25) is 0 Å². The van der Waals surface area contributed by atoms with E-state index >= 15 is 0 Å². The molecule has 7 atom stereocenters. The van der Waals surface area contributed by atoms with Gasteiger partial charge in [0.25, 0.3) is 0 Å². The molecule has 3 aromatic rings. The quantitative estimate of drug-likeness (QED) is 0.344. The van der Waals surface area contributed by atoms with Crippen LogP contribution in [0, 0.1) is 16.7 Å². The van der Waals surface area contributed by atoms with Gasteiger partial charge in [0, 0.05) is 45.9 Å². The third-order valence-electron chi connectivity index (χ3n) is 12.0. The van der Waals surface area contributed by atoms with E-state index in [4.69, 9.17) is 4.98 Å². The molecular formula is C36H42N4O. The molecule has 6 heterocycles. The first-order valence-corrected chi connectivity index (χ1v) is 16.2. The maximum atomic E-state index is 13.1. The monoisotopic (exact) mass is 546 g/mol. The van der Waals surface area contributed by atoms with E-state index in [0.29, 0.717) is 12.0 Å². The number of allylic oxidation sites excluding steroid dienone is 3. The average molecular weight is 547 g/mol. The zero-order valence-corrected chi connectivity index (χ0v) is 24.1. The van der Waals surface area contributed by atoms with Gasteiger partial charge in [-0.3, -0.25) is 9.88 Å². The van der Waals surface area contributed by atoms with E-state index < -0.39 is 5.60 Å². The summed E-state index contributed by atoms with van der Waals surface area (Å²) in [4.78, 5) is 14.5. The van der Waals surface area contributed by atoms with E-state index in [-0.39, 0.29) is 16.9 Å². The molecule has 1 spiro atoms. The molecule has 5 nitrogen and oxygen atoms in total. The average Bonchev–Trinajstić information content (AvgIpc) is 3.35. The number of hydrogen-bond donors (Lipinski definition) is 2. The Labute approximate surface area is 243 Å². The molecule has 2 unspecified atom stereocenters. The van der Waals surface area contributed by atoms with Crippen LogP contribution in [-0.2, 0) is 0 Å². The summed E-state index contributed by atoms with van der Waals surface area (Å²) in [6.45, 7) is 4.50. The second kappa shape index (κ2) is 8.89. The van der Waals surface area contributed by atoms with Crippen LogP contribution in [0.15, 0.2) is 66.9 Å². The molecular weight excluding hydrogens is 504 g/mol. The molecule has 3 saturated heterocycles. The third-order valence-corrected chi connectivity index (χ3v) is 12.0. The highest BCUT2D eigenvalue weighted by Crippen LogP contribution is 2.65. The summed E-state index contributed by atoms with van der Waals surface area (Å²) < 4.78 is 0. The van der Waals surface area contributed by atoms with Crippen LogP contribution in [0.4, 0.5) is 0 Å². The molecule has 2 N–H and O–H groups in total. The third kappa shape index (κ3) is 3.43. The van der Waals surface area contributed by atoms with Crippen molar-refractivity contribution in [2.24, 2.45) is 16.7 Å². The van der Waals surface area contributed by atoms with E-state index in [1.54, 1.807) is 0 Å². The summed E-state index contributed by atoms with van der Waals surface area (Å²) in [5, 5.41) is 15.6. The van der Waals surface area contributed by atoms with Gasteiger partial charge in [-0.25, -0.2) is 0 Å². The first-order valence-electron chi connectivity index (χ1n) is 16.2. The fourth-order valence-electron chi connectivity index (χ4n) is 10.7. The summed E-state index contributed by atoms with van der Waals surface area (Å²) in [6.07, 6.45) is 24.6. The van der Waals surface area contributed by atoms with E-state index in [1.807, 2.05) is 6.20 Å². The standard InChI is InChI=1S/C36H42N4O/c41-36-17-7-6-15-34-16-9-19-39-21-14-28(35(23-34,24-39)33(36)40-20-8-2-1-3-12-30(34)40)27(22-36)31-32-26(13-18-37-31)25-10-4-5-11-29(25)38-32/h3-6,10-13,15,18,22,28,30,33,38,41H,1-2,7-9,14,16-17,19-21,23-24H2/b12-3-,15-6-/t28-,30-,33+,34?,35-,36-/m0/s1. The maximum Gasteiger partial charge on any atom is 0.0998 e. The lowest BCUT2D eigenvalue weighted by atomic mass is 9.46. The van der Waals surface area contributed by atoms with Gasteiger partial charge in [-0.2, -0.15) is 0 Å². The summed E-state index contributed by atoms with van der Waals surface area (Å²) >= 11 is 0. The first-order chi connectivity index (χ1) is 20.1.